The van der Waals surface area contributed by atoms with E-state index in [1.54, 1.807) is 18.5 Å². The van der Waals surface area contributed by atoms with Crippen molar-refractivity contribution in [2.24, 2.45) is 0 Å². The number of nitrogens with zero attached hydrogens (tertiary/aromatic N) is 4. The van der Waals surface area contributed by atoms with Gasteiger partial charge < -0.3 is 0 Å². The summed E-state index contributed by atoms with van der Waals surface area (Å²) in [4.78, 5) is 4.24. The van der Waals surface area contributed by atoms with Crippen molar-refractivity contribution in [3.8, 4) is 17.3 Å². The fourth-order valence-electron chi connectivity index (χ4n) is 1.97. The molecule has 4 heteroatoms. The van der Waals surface area contributed by atoms with E-state index in [0.717, 1.165) is 22.5 Å². The average molecular weight is 234 g/mol. The van der Waals surface area contributed by atoms with Gasteiger partial charge in [0.25, 0.3) is 0 Å². The van der Waals surface area contributed by atoms with Crippen molar-refractivity contribution < 1.29 is 0 Å². The second-order valence-electron chi connectivity index (χ2n) is 4.09. The normalized spacial score (nSPS) is 10.4. The lowest BCUT2D eigenvalue weighted by molar-refractivity contribution is 0.964. The Balaban J connectivity index is 2.22. The zero-order chi connectivity index (χ0) is 12.5. The SMILES string of the molecule is Cc1ccc(-c2ccc(C#N)cc2)n2ncnc12. The molecule has 18 heavy (non-hydrogen) atoms. The molecule has 2 heterocycles. The first kappa shape index (κ1) is 10.5. The Morgan fingerprint density at radius 1 is 1.11 bits per heavy atom. The van der Waals surface area contributed by atoms with E-state index in [1.165, 1.54) is 0 Å². The quantitative estimate of drug-likeness (QED) is 0.650. The van der Waals surface area contributed by atoms with Crippen LogP contribution in [0.1, 0.15) is 11.1 Å². The lowest BCUT2D eigenvalue weighted by Crippen LogP contribution is -1.95. The second kappa shape index (κ2) is 3.97. The first-order valence-electron chi connectivity index (χ1n) is 5.59. The number of aryl methyl sites for hydroxylation is 1. The molecular weight excluding hydrogens is 224 g/mol. The Bertz CT molecular complexity index is 748. The highest BCUT2D eigenvalue weighted by Crippen LogP contribution is 2.21. The highest BCUT2D eigenvalue weighted by molar-refractivity contribution is 5.65. The van der Waals surface area contributed by atoms with E-state index in [2.05, 4.69) is 16.2 Å². The number of benzene rings is 1. The van der Waals surface area contributed by atoms with Gasteiger partial charge in [-0.1, -0.05) is 18.2 Å². The van der Waals surface area contributed by atoms with E-state index >= 15 is 0 Å². The molecule has 0 radical (unpaired) electrons. The molecule has 4 nitrogen and oxygen atoms in total. The minimum Gasteiger partial charge on any atom is -0.215 e. The summed E-state index contributed by atoms with van der Waals surface area (Å²) in [6.45, 7) is 2.01. The minimum absolute atomic E-state index is 0.653. The first-order chi connectivity index (χ1) is 8.79. The first-order valence-corrected chi connectivity index (χ1v) is 5.59. The molecule has 0 aliphatic carbocycles. The van der Waals surface area contributed by atoms with Gasteiger partial charge >= 0.3 is 0 Å². The summed E-state index contributed by atoms with van der Waals surface area (Å²) >= 11 is 0. The summed E-state index contributed by atoms with van der Waals surface area (Å²) in [7, 11) is 0. The van der Waals surface area contributed by atoms with Gasteiger partial charge in [-0.2, -0.15) is 10.4 Å². The summed E-state index contributed by atoms with van der Waals surface area (Å²) in [6, 6.07) is 13.6. The molecule has 0 aliphatic rings. The van der Waals surface area contributed by atoms with Crippen molar-refractivity contribution in [3.63, 3.8) is 0 Å². The van der Waals surface area contributed by atoms with Crippen LogP contribution in [0.5, 0.6) is 0 Å². The number of hydrogen-bond donors (Lipinski definition) is 0. The Kier molecular flexibility index (Phi) is 2.31. The third-order valence-electron chi connectivity index (χ3n) is 2.93. The fraction of sp³-hybridized carbons (Fsp3) is 0.0714. The molecular formula is C14H10N4. The zero-order valence-electron chi connectivity index (χ0n) is 9.83. The van der Waals surface area contributed by atoms with Crippen molar-refractivity contribution in [2.75, 3.05) is 0 Å². The van der Waals surface area contributed by atoms with Crippen LogP contribution < -0.4 is 0 Å². The number of pyridine rings is 1. The molecule has 0 N–H and O–H groups in total. The van der Waals surface area contributed by atoms with Crippen molar-refractivity contribution in [1.82, 2.24) is 14.6 Å². The molecule has 2 aromatic heterocycles. The molecule has 0 atom stereocenters. The second-order valence-corrected chi connectivity index (χ2v) is 4.09. The van der Waals surface area contributed by atoms with Crippen molar-refractivity contribution in [2.45, 2.75) is 6.92 Å². The van der Waals surface area contributed by atoms with Crippen molar-refractivity contribution in [1.29, 1.82) is 5.26 Å². The number of fused-ring (bicyclic) bond motifs is 1. The Hall–Kier alpha value is -2.67. The van der Waals surface area contributed by atoms with Crippen LogP contribution in [0, 0.1) is 18.3 Å². The Labute approximate surface area is 104 Å². The summed E-state index contributed by atoms with van der Waals surface area (Å²) in [5.41, 5.74) is 4.59. The molecule has 3 aromatic rings. The van der Waals surface area contributed by atoms with Crippen LogP contribution in [-0.2, 0) is 0 Å². The molecule has 1 aromatic carbocycles. The van der Waals surface area contributed by atoms with Gasteiger partial charge in [0.15, 0.2) is 5.65 Å². The van der Waals surface area contributed by atoms with Gasteiger partial charge in [-0.25, -0.2) is 9.50 Å². The Morgan fingerprint density at radius 3 is 2.61 bits per heavy atom. The molecule has 0 saturated carbocycles. The lowest BCUT2D eigenvalue weighted by Gasteiger charge is -2.05. The topological polar surface area (TPSA) is 54.0 Å². The third-order valence-corrected chi connectivity index (χ3v) is 2.93. The van der Waals surface area contributed by atoms with Crippen molar-refractivity contribution >= 4 is 5.65 Å². The molecule has 0 amide bonds. The van der Waals surface area contributed by atoms with Gasteiger partial charge in [-0.15, -0.1) is 0 Å². The standard InChI is InChI=1S/C14H10N4/c1-10-2-7-13(18-14(10)16-9-17-18)12-5-3-11(8-15)4-6-12/h2-7,9H,1H3. The van der Waals surface area contributed by atoms with E-state index in [9.17, 15) is 0 Å². The van der Waals surface area contributed by atoms with Crippen LogP contribution in [-0.4, -0.2) is 14.6 Å². The zero-order valence-corrected chi connectivity index (χ0v) is 9.83. The number of hydrogen-bond acceptors (Lipinski definition) is 3. The minimum atomic E-state index is 0.653. The van der Waals surface area contributed by atoms with E-state index in [1.807, 2.05) is 35.7 Å². The van der Waals surface area contributed by atoms with Crippen LogP contribution in [0.25, 0.3) is 16.9 Å². The highest BCUT2D eigenvalue weighted by Gasteiger charge is 2.07. The van der Waals surface area contributed by atoms with Crippen LogP contribution in [0.3, 0.4) is 0 Å². The van der Waals surface area contributed by atoms with Crippen LogP contribution >= 0.6 is 0 Å². The number of rotatable bonds is 1. The van der Waals surface area contributed by atoms with Crippen LogP contribution in [0.4, 0.5) is 0 Å². The molecule has 0 bridgehead atoms. The largest absolute Gasteiger partial charge is 0.215 e. The maximum absolute atomic E-state index is 8.80. The van der Waals surface area contributed by atoms with E-state index in [-0.39, 0.29) is 0 Å². The van der Waals surface area contributed by atoms with Crippen molar-refractivity contribution in [3.05, 3.63) is 53.9 Å². The smallest absolute Gasteiger partial charge is 0.158 e. The number of nitriles is 1. The maximum atomic E-state index is 8.80. The molecule has 0 spiro atoms. The molecule has 0 aliphatic heterocycles. The predicted octanol–water partition coefficient (Wildman–Crippen LogP) is 2.58. The predicted molar refractivity (Wildman–Crippen MR) is 67.9 cm³/mol. The number of aromatic nitrogens is 3. The molecule has 0 saturated heterocycles. The highest BCUT2D eigenvalue weighted by atomic mass is 15.3. The summed E-state index contributed by atoms with van der Waals surface area (Å²) in [5.74, 6) is 0. The van der Waals surface area contributed by atoms with Gasteiger partial charge in [-0.05, 0) is 30.7 Å². The van der Waals surface area contributed by atoms with Gasteiger partial charge in [0.1, 0.15) is 6.33 Å². The van der Waals surface area contributed by atoms with Gasteiger partial charge in [-0.3, -0.25) is 0 Å². The van der Waals surface area contributed by atoms with E-state index < -0.39 is 0 Å². The molecule has 0 fully saturated rings. The summed E-state index contributed by atoms with van der Waals surface area (Å²) in [6.07, 6.45) is 1.55. The third kappa shape index (κ3) is 1.54. The average Bonchev–Trinajstić information content (AvgIpc) is 2.90. The Morgan fingerprint density at radius 2 is 1.89 bits per heavy atom. The van der Waals surface area contributed by atoms with Gasteiger partial charge in [0.2, 0.25) is 0 Å². The van der Waals surface area contributed by atoms with Gasteiger partial charge in [0.05, 0.1) is 17.3 Å². The lowest BCUT2D eigenvalue weighted by atomic mass is 10.1. The summed E-state index contributed by atoms with van der Waals surface area (Å²) in [5, 5.41) is 13.0. The summed E-state index contributed by atoms with van der Waals surface area (Å²) < 4.78 is 1.82. The molecule has 86 valence electrons. The van der Waals surface area contributed by atoms with Crippen LogP contribution in [0.15, 0.2) is 42.7 Å². The fourth-order valence-corrected chi connectivity index (χ4v) is 1.97. The molecule has 3 rings (SSSR count). The molecule has 0 unspecified atom stereocenters. The van der Waals surface area contributed by atoms with E-state index in [4.69, 9.17) is 5.26 Å². The van der Waals surface area contributed by atoms with E-state index in [0.29, 0.717) is 5.56 Å². The van der Waals surface area contributed by atoms with Gasteiger partial charge in [0, 0.05) is 5.56 Å². The van der Waals surface area contributed by atoms with Crippen LogP contribution in [0.2, 0.25) is 0 Å². The monoisotopic (exact) mass is 234 g/mol. The maximum Gasteiger partial charge on any atom is 0.158 e.